The van der Waals surface area contributed by atoms with Crippen LogP contribution in [0.1, 0.15) is 12.5 Å². The zero-order chi connectivity index (χ0) is 19.6. The van der Waals surface area contributed by atoms with Gasteiger partial charge < -0.3 is 14.5 Å². The van der Waals surface area contributed by atoms with Crippen LogP contribution in [0.4, 0.5) is 28.9 Å². The molecule has 27 heavy (non-hydrogen) atoms. The Hall–Kier alpha value is -2.95. The quantitative estimate of drug-likeness (QED) is 0.745. The highest BCUT2D eigenvalue weighted by molar-refractivity contribution is 5.55. The van der Waals surface area contributed by atoms with E-state index in [0.29, 0.717) is 25.3 Å². The molecule has 1 heterocycles. The number of ether oxygens (including phenoxy) is 1. The van der Waals surface area contributed by atoms with Crippen LogP contribution in [-0.2, 0) is 0 Å². The minimum absolute atomic E-state index is 0.0168. The molecule has 0 aromatic heterocycles. The summed E-state index contributed by atoms with van der Waals surface area (Å²) in [6, 6.07) is 12.0. The Kier molecular flexibility index (Phi) is 5.13. The summed E-state index contributed by atoms with van der Waals surface area (Å²) in [6.07, 6.45) is -4.72. The lowest BCUT2D eigenvalue weighted by Gasteiger charge is -2.42. The molecule has 2 aromatic carbocycles. The minimum atomic E-state index is -4.72. The number of anilines is 2. The number of hydrogen-bond acceptors (Lipinski definition) is 4. The molecule has 1 saturated heterocycles. The third kappa shape index (κ3) is 4.42. The minimum Gasteiger partial charge on any atom is -0.406 e. The first-order valence-corrected chi connectivity index (χ1v) is 8.34. The third-order valence-corrected chi connectivity index (χ3v) is 4.45. The first-order chi connectivity index (χ1) is 12.8. The molecule has 0 bridgehead atoms. The van der Waals surface area contributed by atoms with Gasteiger partial charge in [0.1, 0.15) is 11.6 Å². The second-order valence-corrected chi connectivity index (χ2v) is 6.31. The number of alkyl halides is 3. The molecule has 1 aliphatic heterocycles. The summed E-state index contributed by atoms with van der Waals surface area (Å²) in [7, 11) is 0. The molecule has 4 nitrogen and oxygen atoms in total. The number of rotatable bonds is 3. The number of halogens is 4. The summed E-state index contributed by atoms with van der Waals surface area (Å²) >= 11 is 0. The Bertz CT molecular complexity index is 846. The van der Waals surface area contributed by atoms with Crippen molar-refractivity contribution in [2.75, 3.05) is 29.4 Å². The van der Waals surface area contributed by atoms with Crippen molar-refractivity contribution in [1.82, 2.24) is 0 Å². The normalized spacial score (nSPS) is 17.6. The van der Waals surface area contributed by atoms with Crippen molar-refractivity contribution in [2.45, 2.75) is 19.3 Å². The topological polar surface area (TPSA) is 39.5 Å². The van der Waals surface area contributed by atoms with Crippen LogP contribution in [0.5, 0.6) is 5.75 Å². The molecule has 0 saturated carbocycles. The summed E-state index contributed by atoms with van der Waals surface area (Å²) < 4.78 is 54.9. The number of piperazine rings is 1. The first kappa shape index (κ1) is 18.8. The lowest BCUT2D eigenvalue weighted by atomic mass is 10.1. The van der Waals surface area contributed by atoms with Gasteiger partial charge in [0.05, 0.1) is 17.3 Å². The van der Waals surface area contributed by atoms with E-state index in [0.717, 1.165) is 5.69 Å². The molecule has 2 aromatic rings. The van der Waals surface area contributed by atoms with Crippen molar-refractivity contribution in [2.24, 2.45) is 0 Å². The zero-order valence-corrected chi connectivity index (χ0v) is 14.5. The average Bonchev–Trinajstić information content (AvgIpc) is 2.61. The van der Waals surface area contributed by atoms with Gasteiger partial charge in [-0.2, -0.15) is 5.26 Å². The van der Waals surface area contributed by atoms with Crippen LogP contribution in [0, 0.1) is 17.1 Å². The summed E-state index contributed by atoms with van der Waals surface area (Å²) in [5.74, 6) is -0.708. The van der Waals surface area contributed by atoms with Crippen molar-refractivity contribution in [3.05, 3.63) is 53.8 Å². The van der Waals surface area contributed by atoms with Crippen molar-refractivity contribution in [3.63, 3.8) is 0 Å². The molecule has 0 radical (unpaired) electrons. The van der Waals surface area contributed by atoms with Crippen molar-refractivity contribution in [3.8, 4) is 11.8 Å². The van der Waals surface area contributed by atoms with E-state index < -0.39 is 12.2 Å². The fourth-order valence-electron chi connectivity index (χ4n) is 3.23. The van der Waals surface area contributed by atoms with E-state index in [1.165, 1.54) is 18.2 Å². The monoisotopic (exact) mass is 379 g/mol. The first-order valence-electron chi connectivity index (χ1n) is 8.34. The zero-order valence-electron chi connectivity index (χ0n) is 14.5. The predicted octanol–water partition coefficient (Wildman–Crippen LogP) is 4.31. The highest BCUT2D eigenvalue weighted by Gasteiger charge is 2.31. The average molecular weight is 379 g/mol. The smallest absolute Gasteiger partial charge is 0.406 e. The standard InChI is InChI=1S/C19H17F4N3O/c1-13-12-25(18-7-2-14(11-24)10-17(18)20)8-9-26(13)15-3-5-16(6-4-15)27-19(21,22)23/h2-7,10,13H,8-9,12H2,1H3/t13-/m0/s1. The van der Waals surface area contributed by atoms with E-state index in [2.05, 4.69) is 9.64 Å². The van der Waals surface area contributed by atoms with Gasteiger partial charge in [0.2, 0.25) is 0 Å². The van der Waals surface area contributed by atoms with Gasteiger partial charge in [-0.25, -0.2) is 4.39 Å². The molecular formula is C19H17F4N3O. The third-order valence-electron chi connectivity index (χ3n) is 4.45. The van der Waals surface area contributed by atoms with Gasteiger partial charge >= 0.3 is 6.36 Å². The van der Waals surface area contributed by atoms with Crippen LogP contribution in [0.25, 0.3) is 0 Å². The van der Waals surface area contributed by atoms with Crippen molar-refractivity contribution in [1.29, 1.82) is 5.26 Å². The summed E-state index contributed by atoms with van der Waals surface area (Å²) in [5.41, 5.74) is 1.48. The molecule has 1 fully saturated rings. The maximum atomic E-state index is 14.2. The Balaban J connectivity index is 1.69. The van der Waals surface area contributed by atoms with Crippen LogP contribution >= 0.6 is 0 Å². The van der Waals surface area contributed by atoms with E-state index in [1.807, 2.05) is 17.9 Å². The highest BCUT2D eigenvalue weighted by Crippen LogP contribution is 2.29. The summed E-state index contributed by atoms with van der Waals surface area (Å²) in [6.45, 7) is 3.64. The molecular weight excluding hydrogens is 362 g/mol. The van der Waals surface area contributed by atoms with Crippen molar-refractivity contribution >= 4 is 11.4 Å². The van der Waals surface area contributed by atoms with Crippen LogP contribution in [0.3, 0.4) is 0 Å². The molecule has 0 aliphatic carbocycles. The van der Waals surface area contributed by atoms with E-state index in [9.17, 15) is 17.6 Å². The summed E-state index contributed by atoms with van der Waals surface area (Å²) in [4.78, 5) is 3.95. The molecule has 0 amide bonds. The lowest BCUT2D eigenvalue weighted by Crippen LogP contribution is -2.52. The van der Waals surface area contributed by atoms with E-state index in [-0.39, 0.29) is 17.4 Å². The molecule has 3 rings (SSSR count). The van der Waals surface area contributed by atoms with E-state index in [4.69, 9.17) is 5.26 Å². The fraction of sp³-hybridized carbons (Fsp3) is 0.316. The van der Waals surface area contributed by atoms with E-state index in [1.54, 1.807) is 24.3 Å². The second kappa shape index (κ2) is 7.35. The number of benzene rings is 2. The van der Waals surface area contributed by atoms with Crippen LogP contribution < -0.4 is 14.5 Å². The molecule has 0 spiro atoms. The van der Waals surface area contributed by atoms with Gasteiger partial charge in [-0.3, -0.25) is 0 Å². The largest absolute Gasteiger partial charge is 0.573 e. The predicted molar refractivity (Wildman–Crippen MR) is 93.3 cm³/mol. The summed E-state index contributed by atoms with van der Waals surface area (Å²) in [5, 5.41) is 8.84. The Morgan fingerprint density at radius 1 is 1.11 bits per heavy atom. The Morgan fingerprint density at radius 2 is 1.81 bits per heavy atom. The van der Waals surface area contributed by atoms with Gasteiger partial charge in [0.25, 0.3) is 0 Å². The van der Waals surface area contributed by atoms with Gasteiger partial charge in [-0.05, 0) is 49.4 Å². The molecule has 0 unspecified atom stereocenters. The number of nitrogens with zero attached hydrogens (tertiary/aromatic N) is 3. The maximum Gasteiger partial charge on any atom is 0.573 e. The SMILES string of the molecule is C[C@H]1CN(c2ccc(C#N)cc2F)CCN1c1ccc(OC(F)(F)F)cc1. The number of hydrogen-bond donors (Lipinski definition) is 0. The lowest BCUT2D eigenvalue weighted by molar-refractivity contribution is -0.274. The molecule has 142 valence electrons. The van der Waals surface area contributed by atoms with Gasteiger partial charge in [0, 0.05) is 31.4 Å². The van der Waals surface area contributed by atoms with Gasteiger partial charge in [0.15, 0.2) is 0 Å². The molecule has 0 N–H and O–H groups in total. The van der Waals surface area contributed by atoms with Gasteiger partial charge in [-0.15, -0.1) is 13.2 Å². The van der Waals surface area contributed by atoms with Crippen LogP contribution in [0.15, 0.2) is 42.5 Å². The number of nitriles is 1. The van der Waals surface area contributed by atoms with Gasteiger partial charge in [-0.1, -0.05) is 0 Å². The molecule has 8 heteroatoms. The Morgan fingerprint density at radius 3 is 2.37 bits per heavy atom. The highest BCUT2D eigenvalue weighted by atomic mass is 19.4. The molecule has 1 aliphatic rings. The van der Waals surface area contributed by atoms with Crippen LogP contribution in [0.2, 0.25) is 0 Å². The second-order valence-electron chi connectivity index (χ2n) is 6.31. The van der Waals surface area contributed by atoms with Crippen molar-refractivity contribution < 1.29 is 22.3 Å². The fourth-order valence-corrected chi connectivity index (χ4v) is 3.23. The van der Waals surface area contributed by atoms with Crippen LogP contribution in [-0.4, -0.2) is 32.0 Å². The Labute approximate surface area is 154 Å². The maximum absolute atomic E-state index is 14.2. The van der Waals surface area contributed by atoms with E-state index >= 15 is 0 Å². The molecule has 1 atom stereocenters.